The Morgan fingerprint density at radius 1 is 1.46 bits per heavy atom. The Morgan fingerprint density at radius 2 is 2.23 bits per heavy atom. The summed E-state index contributed by atoms with van der Waals surface area (Å²) in [6.07, 6.45) is 2.67. The Bertz CT molecular complexity index is 278. The molecule has 3 fully saturated rings. The molecule has 72 valence electrons. The molecule has 13 heavy (non-hydrogen) atoms. The number of carbonyl (C=O) groups is 1. The number of rotatable bonds is 0. The van der Waals surface area contributed by atoms with E-state index in [0.717, 1.165) is 19.4 Å². The van der Waals surface area contributed by atoms with Gasteiger partial charge in [0, 0.05) is 18.0 Å². The first-order valence-electron chi connectivity index (χ1n) is 5.15. The SMILES string of the molecule is C[C@]12[C@@H]3CC[C@H]1[C@@H](O)C(=O)N2CC3. The summed E-state index contributed by atoms with van der Waals surface area (Å²) in [6, 6.07) is 0. The van der Waals surface area contributed by atoms with E-state index in [-0.39, 0.29) is 17.4 Å². The molecule has 4 atom stereocenters. The summed E-state index contributed by atoms with van der Waals surface area (Å²) in [4.78, 5) is 13.6. The zero-order valence-electron chi connectivity index (χ0n) is 7.86. The van der Waals surface area contributed by atoms with Crippen LogP contribution in [0.2, 0.25) is 0 Å². The van der Waals surface area contributed by atoms with Crippen molar-refractivity contribution in [1.82, 2.24) is 4.90 Å². The van der Waals surface area contributed by atoms with E-state index in [0.29, 0.717) is 5.92 Å². The van der Waals surface area contributed by atoms with E-state index in [1.165, 1.54) is 6.42 Å². The molecule has 0 spiro atoms. The van der Waals surface area contributed by atoms with Gasteiger partial charge in [0.1, 0.15) is 6.10 Å². The van der Waals surface area contributed by atoms with Gasteiger partial charge in [-0.05, 0) is 32.1 Å². The lowest BCUT2D eigenvalue weighted by Gasteiger charge is -2.31. The summed E-state index contributed by atoms with van der Waals surface area (Å²) in [5.74, 6) is 0.848. The first-order chi connectivity index (χ1) is 6.15. The maximum atomic E-state index is 11.7. The molecule has 2 aliphatic heterocycles. The Labute approximate surface area is 77.7 Å². The molecule has 0 aromatic carbocycles. The monoisotopic (exact) mass is 181 g/mol. The zero-order valence-corrected chi connectivity index (χ0v) is 7.86. The van der Waals surface area contributed by atoms with Crippen LogP contribution in [0.25, 0.3) is 0 Å². The molecule has 0 aromatic rings. The third kappa shape index (κ3) is 0.654. The highest BCUT2D eigenvalue weighted by Crippen LogP contribution is 2.55. The third-order valence-corrected chi connectivity index (χ3v) is 4.59. The average Bonchev–Trinajstić information content (AvgIpc) is 2.62. The smallest absolute Gasteiger partial charge is 0.252 e. The van der Waals surface area contributed by atoms with Crippen LogP contribution in [0, 0.1) is 11.8 Å². The topological polar surface area (TPSA) is 40.5 Å². The molecule has 1 N–H and O–H groups in total. The Hall–Kier alpha value is -0.570. The number of nitrogens with zero attached hydrogens (tertiary/aromatic N) is 1. The number of carbonyl (C=O) groups excluding carboxylic acids is 1. The van der Waals surface area contributed by atoms with Crippen molar-refractivity contribution in [2.75, 3.05) is 6.54 Å². The molecule has 0 aromatic heterocycles. The van der Waals surface area contributed by atoms with Crippen LogP contribution in [0.3, 0.4) is 0 Å². The fourth-order valence-corrected chi connectivity index (χ4v) is 3.81. The number of amides is 1. The van der Waals surface area contributed by atoms with Crippen LogP contribution < -0.4 is 0 Å². The molecule has 1 aliphatic carbocycles. The Kier molecular flexibility index (Phi) is 1.25. The van der Waals surface area contributed by atoms with Gasteiger partial charge in [0.2, 0.25) is 0 Å². The van der Waals surface area contributed by atoms with E-state index in [4.69, 9.17) is 0 Å². The van der Waals surface area contributed by atoms with Gasteiger partial charge in [-0.2, -0.15) is 0 Å². The predicted octanol–water partition coefficient (Wildman–Crippen LogP) is 0.378. The van der Waals surface area contributed by atoms with Crippen LogP contribution in [0.5, 0.6) is 0 Å². The highest BCUT2D eigenvalue weighted by molar-refractivity contribution is 5.85. The molecular weight excluding hydrogens is 166 g/mol. The molecule has 3 heteroatoms. The van der Waals surface area contributed by atoms with E-state index in [1.807, 2.05) is 4.90 Å². The highest BCUT2D eigenvalue weighted by atomic mass is 16.3. The molecule has 3 aliphatic rings. The number of aliphatic hydroxyl groups is 1. The molecule has 1 saturated carbocycles. The molecule has 0 radical (unpaired) electrons. The van der Waals surface area contributed by atoms with Crippen molar-refractivity contribution in [1.29, 1.82) is 0 Å². The lowest BCUT2D eigenvalue weighted by Crippen LogP contribution is -2.42. The quantitative estimate of drug-likeness (QED) is 0.587. The maximum Gasteiger partial charge on any atom is 0.252 e. The number of aliphatic hydroxyl groups excluding tert-OH is 1. The van der Waals surface area contributed by atoms with Gasteiger partial charge in [0.05, 0.1) is 0 Å². The van der Waals surface area contributed by atoms with Gasteiger partial charge in [0.15, 0.2) is 0 Å². The highest BCUT2D eigenvalue weighted by Gasteiger charge is 2.64. The van der Waals surface area contributed by atoms with Crippen molar-refractivity contribution in [2.45, 2.75) is 37.8 Å². The van der Waals surface area contributed by atoms with Crippen molar-refractivity contribution in [3.05, 3.63) is 0 Å². The average molecular weight is 181 g/mol. The summed E-state index contributed by atoms with van der Waals surface area (Å²) in [7, 11) is 0. The standard InChI is InChI=1S/C10H15NO2/c1-10-6-2-3-7(10)8(12)9(13)11(10)5-4-6/h6-8,12H,2-5H2,1H3/t6-,7+,8-,10+/m1/s1. The summed E-state index contributed by atoms with van der Waals surface area (Å²) in [6.45, 7) is 3.03. The van der Waals surface area contributed by atoms with Gasteiger partial charge in [-0.15, -0.1) is 0 Å². The first kappa shape index (κ1) is 7.80. The molecule has 2 heterocycles. The lowest BCUT2D eigenvalue weighted by molar-refractivity contribution is -0.136. The van der Waals surface area contributed by atoms with E-state index < -0.39 is 6.10 Å². The van der Waals surface area contributed by atoms with Gasteiger partial charge in [0.25, 0.3) is 5.91 Å². The van der Waals surface area contributed by atoms with Crippen molar-refractivity contribution in [2.24, 2.45) is 11.8 Å². The third-order valence-electron chi connectivity index (χ3n) is 4.59. The molecule has 2 saturated heterocycles. The van der Waals surface area contributed by atoms with Crippen LogP contribution in [0.15, 0.2) is 0 Å². The molecule has 0 bridgehead atoms. The van der Waals surface area contributed by atoms with E-state index in [9.17, 15) is 9.90 Å². The second kappa shape index (κ2) is 2.08. The van der Waals surface area contributed by atoms with Crippen LogP contribution in [0.4, 0.5) is 0 Å². The van der Waals surface area contributed by atoms with Crippen LogP contribution in [0.1, 0.15) is 26.2 Å². The van der Waals surface area contributed by atoms with Gasteiger partial charge < -0.3 is 10.0 Å². The zero-order chi connectivity index (χ0) is 9.22. The number of hydrogen-bond acceptors (Lipinski definition) is 2. The fraction of sp³-hybridized carbons (Fsp3) is 0.900. The van der Waals surface area contributed by atoms with E-state index in [1.54, 1.807) is 0 Å². The van der Waals surface area contributed by atoms with Crippen molar-refractivity contribution >= 4 is 5.91 Å². The van der Waals surface area contributed by atoms with Gasteiger partial charge in [-0.3, -0.25) is 4.79 Å². The second-order valence-electron chi connectivity index (χ2n) is 4.83. The molecular formula is C10H15NO2. The van der Waals surface area contributed by atoms with E-state index in [2.05, 4.69) is 6.92 Å². The van der Waals surface area contributed by atoms with Gasteiger partial charge in [-0.25, -0.2) is 0 Å². The summed E-state index contributed by atoms with van der Waals surface area (Å²) in [5.41, 5.74) is 0.0104. The van der Waals surface area contributed by atoms with Gasteiger partial charge >= 0.3 is 0 Å². The summed E-state index contributed by atoms with van der Waals surface area (Å²) >= 11 is 0. The number of hydrogen-bond donors (Lipinski definition) is 1. The summed E-state index contributed by atoms with van der Waals surface area (Å²) < 4.78 is 0. The van der Waals surface area contributed by atoms with Crippen LogP contribution in [-0.4, -0.2) is 34.1 Å². The normalized spacial score (nSPS) is 53.2. The first-order valence-corrected chi connectivity index (χ1v) is 5.15. The Morgan fingerprint density at radius 3 is 3.00 bits per heavy atom. The molecule has 0 unspecified atom stereocenters. The van der Waals surface area contributed by atoms with Crippen molar-refractivity contribution in [3.8, 4) is 0 Å². The Balaban J connectivity index is 2.10. The fourth-order valence-electron chi connectivity index (χ4n) is 3.81. The van der Waals surface area contributed by atoms with Crippen LogP contribution >= 0.6 is 0 Å². The van der Waals surface area contributed by atoms with E-state index >= 15 is 0 Å². The second-order valence-corrected chi connectivity index (χ2v) is 4.83. The van der Waals surface area contributed by atoms with Crippen molar-refractivity contribution in [3.63, 3.8) is 0 Å². The van der Waals surface area contributed by atoms with Gasteiger partial charge in [-0.1, -0.05) is 0 Å². The maximum absolute atomic E-state index is 11.7. The molecule has 1 amide bonds. The minimum Gasteiger partial charge on any atom is -0.383 e. The summed E-state index contributed by atoms with van der Waals surface area (Å²) in [5, 5.41) is 9.76. The minimum atomic E-state index is -0.699. The molecule has 3 nitrogen and oxygen atoms in total. The molecule has 3 rings (SSSR count). The lowest BCUT2D eigenvalue weighted by atomic mass is 9.84. The van der Waals surface area contributed by atoms with Crippen molar-refractivity contribution < 1.29 is 9.90 Å². The minimum absolute atomic E-state index is 0.0104. The largest absolute Gasteiger partial charge is 0.383 e. The van der Waals surface area contributed by atoms with Crippen LogP contribution in [-0.2, 0) is 4.79 Å². The predicted molar refractivity (Wildman–Crippen MR) is 47.0 cm³/mol.